The highest BCUT2D eigenvalue weighted by Gasteiger charge is 1.96. The van der Waals surface area contributed by atoms with Gasteiger partial charge in [-0.05, 0) is 18.1 Å². The van der Waals surface area contributed by atoms with Crippen molar-refractivity contribution in [3.8, 4) is 0 Å². The molecule has 0 aliphatic carbocycles. The second-order valence-corrected chi connectivity index (χ2v) is 2.83. The predicted octanol–water partition coefficient (Wildman–Crippen LogP) is 1.83. The maximum Gasteiger partial charge on any atom is 0.200 e. The Labute approximate surface area is 68.4 Å². The lowest BCUT2D eigenvalue weighted by Gasteiger charge is -2.06. The van der Waals surface area contributed by atoms with Gasteiger partial charge < -0.3 is 8.37 Å². The number of hydrogen-bond acceptors (Lipinski definition) is 5. The minimum atomic E-state index is 0.963. The van der Waals surface area contributed by atoms with Crippen molar-refractivity contribution in [1.29, 1.82) is 0 Å². The summed E-state index contributed by atoms with van der Waals surface area (Å²) >= 11 is 2.61. The Morgan fingerprint density at radius 2 is 2.20 bits per heavy atom. The monoisotopic (exact) mass is 177 g/mol. The predicted molar refractivity (Wildman–Crippen MR) is 44.7 cm³/mol. The molecule has 0 aromatic rings. The number of nitrogens with zero attached hydrogens (tertiary/aromatic N) is 1. The van der Waals surface area contributed by atoms with Crippen molar-refractivity contribution in [2.24, 2.45) is 4.40 Å². The zero-order chi connectivity index (χ0) is 7.07. The van der Waals surface area contributed by atoms with E-state index in [-0.39, 0.29) is 0 Å². The van der Waals surface area contributed by atoms with E-state index in [1.165, 1.54) is 17.8 Å². The molecule has 2 rings (SSSR count). The summed E-state index contributed by atoms with van der Waals surface area (Å²) in [5, 5.41) is 0. The fourth-order valence-electron chi connectivity index (χ4n) is 0.260. The third-order valence-corrected chi connectivity index (χ3v) is 1.77. The quantitative estimate of drug-likeness (QED) is 0.417. The van der Waals surface area contributed by atoms with Gasteiger partial charge in [0.25, 0.3) is 0 Å². The van der Waals surface area contributed by atoms with Gasteiger partial charge in [0.2, 0.25) is 12.2 Å². The van der Waals surface area contributed by atoms with Crippen LogP contribution in [0.5, 0.6) is 0 Å². The van der Waals surface area contributed by atoms with E-state index in [2.05, 4.69) is 12.8 Å². The van der Waals surface area contributed by atoms with Gasteiger partial charge in [0.15, 0.2) is 0 Å². The molecule has 0 spiro atoms. The van der Waals surface area contributed by atoms with Gasteiger partial charge in [-0.25, -0.2) is 0 Å². The fraction of sp³-hybridized carbons (Fsp3) is 0.400. The van der Waals surface area contributed by atoms with Crippen LogP contribution in [-0.4, -0.2) is 18.6 Å². The topological polar surface area (TPSA) is 30.8 Å². The van der Waals surface area contributed by atoms with E-state index < -0.39 is 0 Å². The molecule has 1 fully saturated rings. The second-order valence-electron chi connectivity index (χ2n) is 1.40. The van der Waals surface area contributed by atoms with Crippen LogP contribution in [-0.2, 0) is 8.37 Å². The maximum absolute atomic E-state index is 4.64. The average molecular weight is 177 g/mol. The first-order valence-electron chi connectivity index (χ1n) is 2.75. The van der Waals surface area contributed by atoms with Crippen LogP contribution in [0.4, 0.5) is 0 Å². The van der Waals surface area contributed by atoms with Crippen molar-refractivity contribution >= 4 is 30.5 Å². The summed E-state index contributed by atoms with van der Waals surface area (Å²) in [7, 11) is 0. The second kappa shape index (κ2) is 5.64. The van der Waals surface area contributed by atoms with Gasteiger partial charge in [-0.15, -0.1) is 0 Å². The molecule has 3 nitrogen and oxygen atoms in total. The van der Waals surface area contributed by atoms with E-state index in [0.29, 0.717) is 0 Å². The van der Waals surface area contributed by atoms with E-state index in [1.807, 2.05) is 0 Å². The van der Waals surface area contributed by atoms with E-state index in [0.717, 1.165) is 18.8 Å². The van der Waals surface area contributed by atoms with Gasteiger partial charge in [0, 0.05) is 12.0 Å². The van der Waals surface area contributed by atoms with Crippen molar-refractivity contribution in [2.45, 2.75) is 0 Å². The van der Waals surface area contributed by atoms with Gasteiger partial charge in [0.05, 0.1) is 6.61 Å². The summed E-state index contributed by atoms with van der Waals surface area (Å²) in [5.41, 5.74) is 0. The smallest absolute Gasteiger partial charge is 0.200 e. The Bertz CT molecular complexity index is 118. The minimum Gasteiger partial charge on any atom is -0.412 e. The minimum absolute atomic E-state index is 0.963. The largest absolute Gasteiger partial charge is 0.412 e. The molecular weight excluding hydrogens is 170 g/mol. The Balaban J connectivity index is 0.000000108. The molecule has 0 bridgehead atoms. The van der Waals surface area contributed by atoms with Gasteiger partial charge in [-0.2, -0.15) is 4.40 Å². The molecule has 5 heteroatoms. The van der Waals surface area contributed by atoms with E-state index in [9.17, 15) is 0 Å². The van der Waals surface area contributed by atoms with Crippen LogP contribution >= 0.6 is 24.3 Å². The first-order chi connectivity index (χ1) is 5.00. The average Bonchev–Trinajstić information content (AvgIpc) is 1.88. The highest BCUT2D eigenvalue weighted by atomic mass is 32.2. The van der Waals surface area contributed by atoms with Gasteiger partial charge in [-0.3, -0.25) is 0 Å². The lowest BCUT2D eigenvalue weighted by atomic mass is 10.7. The molecular formula is C5H7NO2S2. The molecule has 2 aliphatic heterocycles. The highest BCUT2D eigenvalue weighted by molar-refractivity contribution is 7.95. The summed E-state index contributed by atoms with van der Waals surface area (Å²) in [5.74, 6) is 1.19. The van der Waals surface area contributed by atoms with Crippen LogP contribution < -0.4 is 0 Å². The number of allylic oxidation sites excluding steroid dienone is 1. The molecule has 0 saturated carbocycles. The zero-order valence-corrected chi connectivity index (χ0v) is 6.86. The van der Waals surface area contributed by atoms with Crippen LogP contribution in [0.25, 0.3) is 0 Å². The fourth-order valence-corrected chi connectivity index (χ4v) is 0.710. The highest BCUT2D eigenvalue weighted by Crippen LogP contribution is 2.11. The van der Waals surface area contributed by atoms with E-state index in [1.54, 1.807) is 18.6 Å². The van der Waals surface area contributed by atoms with Gasteiger partial charge in [0.1, 0.15) is 6.26 Å². The van der Waals surface area contributed by atoms with Crippen molar-refractivity contribution in [1.82, 2.24) is 0 Å². The number of rotatable bonds is 0. The van der Waals surface area contributed by atoms with E-state index >= 15 is 0 Å². The first kappa shape index (κ1) is 7.97. The summed E-state index contributed by atoms with van der Waals surface area (Å²) in [6, 6.07) is 0. The van der Waals surface area contributed by atoms with Gasteiger partial charge >= 0.3 is 0 Å². The SMILES string of the molecule is C1=COSN=C1.C1CSO1. The molecule has 0 unspecified atom stereocenters. The maximum atomic E-state index is 4.64. The summed E-state index contributed by atoms with van der Waals surface area (Å²) < 4.78 is 12.9. The van der Waals surface area contributed by atoms with E-state index in [4.69, 9.17) is 0 Å². The first-order valence-corrected chi connectivity index (χ1v) is 4.36. The Morgan fingerprint density at radius 3 is 2.30 bits per heavy atom. The molecule has 0 aromatic heterocycles. The van der Waals surface area contributed by atoms with Crippen LogP contribution in [0.1, 0.15) is 0 Å². The normalized spacial score (nSPS) is 20.0. The van der Waals surface area contributed by atoms with Crippen molar-refractivity contribution in [2.75, 3.05) is 12.4 Å². The van der Waals surface area contributed by atoms with Crippen molar-refractivity contribution in [3.05, 3.63) is 12.3 Å². The van der Waals surface area contributed by atoms with Crippen LogP contribution in [0.15, 0.2) is 16.7 Å². The molecule has 2 aliphatic rings. The third kappa shape index (κ3) is 3.81. The van der Waals surface area contributed by atoms with Gasteiger partial charge in [-0.1, -0.05) is 0 Å². The van der Waals surface area contributed by atoms with Crippen LogP contribution in [0, 0.1) is 0 Å². The Morgan fingerprint density at radius 1 is 1.50 bits per heavy atom. The summed E-state index contributed by atoms with van der Waals surface area (Å²) in [6.07, 6.45) is 4.99. The molecule has 0 atom stereocenters. The molecule has 0 aromatic carbocycles. The third-order valence-electron chi connectivity index (χ3n) is 0.700. The lowest BCUT2D eigenvalue weighted by Crippen LogP contribution is -2.00. The molecule has 0 N–H and O–H groups in total. The standard InChI is InChI=1S/C3H3NOS.C2H4OS/c1-2-4-6-5-3-1;1-2-4-3-1/h1-3H;1-2H2. The molecule has 1 saturated heterocycles. The number of hydrogen-bond donors (Lipinski definition) is 0. The molecule has 0 amide bonds. The Kier molecular flexibility index (Phi) is 4.50. The van der Waals surface area contributed by atoms with Crippen molar-refractivity contribution < 1.29 is 8.37 Å². The van der Waals surface area contributed by atoms with Crippen LogP contribution in [0.3, 0.4) is 0 Å². The molecule has 10 heavy (non-hydrogen) atoms. The lowest BCUT2D eigenvalue weighted by molar-refractivity contribution is 0.361. The molecule has 2 heterocycles. The molecule has 0 radical (unpaired) electrons. The zero-order valence-electron chi connectivity index (χ0n) is 5.23. The summed E-state index contributed by atoms with van der Waals surface area (Å²) in [6.45, 7) is 0.963. The van der Waals surface area contributed by atoms with Crippen molar-refractivity contribution in [3.63, 3.8) is 0 Å². The van der Waals surface area contributed by atoms with Crippen LogP contribution in [0.2, 0.25) is 0 Å². The summed E-state index contributed by atoms with van der Waals surface area (Å²) in [4.78, 5) is 0. The Hall–Kier alpha value is -0.130. The molecule has 56 valence electrons.